The Morgan fingerprint density at radius 2 is 1.64 bits per heavy atom. The predicted octanol–water partition coefficient (Wildman–Crippen LogP) is 2.03. The molecular weight excluding hydrogens is 176 g/mol. The molecule has 0 spiro atoms. The van der Waals surface area contributed by atoms with Crippen LogP contribution < -0.4 is 10.6 Å². The van der Waals surface area contributed by atoms with E-state index in [1.807, 2.05) is 0 Å². The molecule has 2 aliphatic carbocycles. The van der Waals surface area contributed by atoms with E-state index in [2.05, 4.69) is 17.6 Å². The summed E-state index contributed by atoms with van der Waals surface area (Å²) in [7, 11) is 0. The van der Waals surface area contributed by atoms with E-state index in [1.165, 1.54) is 12.8 Å². The molecule has 2 aliphatic rings. The first-order valence-corrected chi connectivity index (χ1v) is 5.81. The Kier molecular flexibility index (Phi) is 2.94. The summed E-state index contributed by atoms with van der Waals surface area (Å²) >= 11 is 0. The minimum Gasteiger partial charge on any atom is -0.335 e. The summed E-state index contributed by atoms with van der Waals surface area (Å²) < 4.78 is 0. The van der Waals surface area contributed by atoms with Crippen molar-refractivity contribution in [2.24, 2.45) is 5.92 Å². The van der Waals surface area contributed by atoms with Crippen LogP contribution in [0.5, 0.6) is 0 Å². The zero-order valence-corrected chi connectivity index (χ0v) is 8.88. The van der Waals surface area contributed by atoms with Gasteiger partial charge in [-0.25, -0.2) is 4.79 Å². The van der Waals surface area contributed by atoms with Crippen LogP contribution in [0, 0.1) is 5.92 Å². The number of amides is 2. The number of hydrogen-bond donors (Lipinski definition) is 2. The molecule has 0 radical (unpaired) electrons. The monoisotopic (exact) mass is 196 g/mol. The van der Waals surface area contributed by atoms with Gasteiger partial charge in [0.1, 0.15) is 0 Å². The quantitative estimate of drug-likeness (QED) is 0.697. The fourth-order valence-corrected chi connectivity index (χ4v) is 2.50. The third-order valence-corrected chi connectivity index (χ3v) is 3.40. The standard InChI is InChI=1S/C11H20N2O/c1-8-6-10(7-8)13-11(14)12-9-4-2-3-5-9/h8-10H,2-7H2,1H3,(H2,12,13,14). The molecule has 3 nitrogen and oxygen atoms in total. The average molecular weight is 196 g/mol. The van der Waals surface area contributed by atoms with Crippen molar-refractivity contribution in [3.63, 3.8) is 0 Å². The van der Waals surface area contributed by atoms with E-state index < -0.39 is 0 Å². The summed E-state index contributed by atoms with van der Waals surface area (Å²) in [6.07, 6.45) is 7.16. The van der Waals surface area contributed by atoms with Crippen molar-refractivity contribution >= 4 is 6.03 Å². The molecule has 0 unspecified atom stereocenters. The lowest BCUT2D eigenvalue weighted by atomic mass is 9.82. The summed E-state index contributed by atoms with van der Waals surface area (Å²) in [6.45, 7) is 2.23. The Labute approximate surface area is 85.6 Å². The van der Waals surface area contributed by atoms with Gasteiger partial charge >= 0.3 is 6.03 Å². The van der Waals surface area contributed by atoms with Crippen LogP contribution in [0.25, 0.3) is 0 Å². The molecule has 0 aromatic carbocycles. The maximum absolute atomic E-state index is 11.5. The molecule has 0 saturated heterocycles. The second-order valence-electron chi connectivity index (χ2n) is 4.87. The van der Waals surface area contributed by atoms with E-state index in [9.17, 15) is 4.79 Å². The van der Waals surface area contributed by atoms with Crippen molar-refractivity contribution in [3.8, 4) is 0 Å². The lowest BCUT2D eigenvalue weighted by molar-refractivity contribution is 0.207. The highest BCUT2D eigenvalue weighted by atomic mass is 16.2. The van der Waals surface area contributed by atoms with Gasteiger partial charge in [0, 0.05) is 12.1 Å². The number of carbonyl (C=O) groups is 1. The van der Waals surface area contributed by atoms with Gasteiger partial charge in [0.05, 0.1) is 0 Å². The number of rotatable bonds is 2. The predicted molar refractivity (Wildman–Crippen MR) is 56.1 cm³/mol. The van der Waals surface area contributed by atoms with Gasteiger partial charge in [0.15, 0.2) is 0 Å². The summed E-state index contributed by atoms with van der Waals surface area (Å²) in [4.78, 5) is 11.5. The topological polar surface area (TPSA) is 41.1 Å². The maximum atomic E-state index is 11.5. The largest absolute Gasteiger partial charge is 0.335 e. The van der Waals surface area contributed by atoms with Crippen LogP contribution in [0.3, 0.4) is 0 Å². The second-order valence-corrected chi connectivity index (χ2v) is 4.87. The van der Waals surface area contributed by atoms with Gasteiger partial charge in [-0.15, -0.1) is 0 Å². The lowest BCUT2D eigenvalue weighted by Gasteiger charge is -2.33. The highest BCUT2D eigenvalue weighted by Gasteiger charge is 2.27. The van der Waals surface area contributed by atoms with Crippen LogP contribution in [0.4, 0.5) is 4.79 Å². The third-order valence-electron chi connectivity index (χ3n) is 3.40. The SMILES string of the molecule is CC1CC(NC(=O)NC2CCCC2)C1. The first-order valence-electron chi connectivity index (χ1n) is 5.81. The fraction of sp³-hybridized carbons (Fsp3) is 0.909. The summed E-state index contributed by atoms with van der Waals surface area (Å²) in [5.41, 5.74) is 0. The summed E-state index contributed by atoms with van der Waals surface area (Å²) in [5.74, 6) is 0.798. The lowest BCUT2D eigenvalue weighted by Crippen LogP contribution is -2.49. The molecule has 2 amide bonds. The first-order chi connectivity index (χ1) is 6.74. The minimum atomic E-state index is 0.0498. The fourth-order valence-electron chi connectivity index (χ4n) is 2.50. The van der Waals surface area contributed by atoms with Gasteiger partial charge < -0.3 is 10.6 Å². The van der Waals surface area contributed by atoms with Crippen molar-refractivity contribution in [3.05, 3.63) is 0 Å². The van der Waals surface area contributed by atoms with Gasteiger partial charge in [-0.2, -0.15) is 0 Å². The molecule has 2 fully saturated rings. The normalized spacial score (nSPS) is 32.4. The van der Waals surface area contributed by atoms with E-state index in [-0.39, 0.29) is 6.03 Å². The van der Waals surface area contributed by atoms with Crippen LogP contribution in [0.2, 0.25) is 0 Å². The minimum absolute atomic E-state index is 0.0498. The molecule has 0 aliphatic heterocycles. The van der Waals surface area contributed by atoms with Crippen molar-refractivity contribution < 1.29 is 4.79 Å². The number of urea groups is 1. The van der Waals surface area contributed by atoms with Gasteiger partial charge in [-0.05, 0) is 31.6 Å². The average Bonchev–Trinajstić information content (AvgIpc) is 2.54. The molecular formula is C11H20N2O. The first kappa shape index (κ1) is 9.81. The van der Waals surface area contributed by atoms with Gasteiger partial charge in [-0.3, -0.25) is 0 Å². The van der Waals surface area contributed by atoms with Crippen LogP contribution >= 0.6 is 0 Å². The molecule has 0 atom stereocenters. The maximum Gasteiger partial charge on any atom is 0.315 e. The number of nitrogens with one attached hydrogen (secondary N) is 2. The number of hydrogen-bond acceptors (Lipinski definition) is 1. The van der Waals surface area contributed by atoms with Crippen LogP contribution in [0.1, 0.15) is 45.4 Å². The van der Waals surface area contributed by atoms with Crippen LogP contribution in [-0.4, -0.2) is 18.1 Å². The summed E-state index contributed by atoms with van der Waals surface area (Å²) in [5, 5.41) is 6.07. The highest BCUT2D eigenvalue weighted by molar-refractivity contribution is 5.74. The van der Waals surface area contributed by atoms with Gasteiger partial charge in [-0.1, -0.05) is 19.8 Å². The highest BCUT2D eigenvalue weighted by Crippen LogP contribution is 2.26. The van der Waals surface area contributed by atoms with Gasteiger partial charge in [0.25, 0.3) is 0 Å². The number of carbonyl (C=O) groups excluding carboxylic acids is 1. The Morgan fingerprint density at radius 1 is 1.07 bits per heavy atom. The Bertz CT molecular complexity index is 205. The van der Waals surface area contributed by atoms with E-state index in [4.69, 9.17) is 0 Å². The molecule has 14 heavy (non-hydrogen) atoms. The van der Waals surface area contributed by atoms with E-state index in [0.717, 1.165) is 31.6 Å². The smallest absolute Gasteiger partial charge is 0.315 e. The molecule has 2 saturated carbocycles. The van der Waals surface area contributed by atoms with Crippen LogP contribution in [-0.2, 0) is 0 Å². The third kappa shape index (κ3) is 2.40. The molecule has 0 bridgehead atoms. The van der Waals surface area contributed by atoms with Crippen molar-refractivity contribution in [1.29, 1.82) is 0 Å². The van der Waals surface area contributed by atoms with Crippen LogP contribution in [0.15, 0.2) is 0 Å². The molecule has 80 valence electrons. The molecule has 2 N–H and O–H groups in total. The molecule has 0 heterocycles. The molecule has 3 heteroatoms. The van der Waals surface area contributed by atoms with Crippen molar-refractivity contribution in [1.82, 2.24) is 10.6 Å². The zero-order chi connectivity index (χ0) is 9.97. The van der Waals surface area contributed by atoms with Crippen molar-refractivity contribution in [2.75, 3.05) is 0 Å². The summed E-state index contributed by atoms with van der Waals surface area (Å²) in [6, 6.07) is 0.924. The Morgan fingerprint density at radius 3 is 2.21 bits per heavy atom. The molecule has 2 rings (SSSR count). The van der Waals surface area contributed by atoms with Gasteiger partial charge in [0.2, 0.25) is 0 Å². The van der Waals surface area contributed by atoms with E-state index in [1.54, 1.807) is 0 Å². The molecule has 0 aromatic heterocycles. The molecule has 0 aromatic rings. The Hall–Kier alpha value is -0.730. The van der Waals surface area contributed by atoms with Crippen molar-refractivity contribution in [2.45, 2.75) is 57.5 Å². The zero-order valence-electron chi connectivity index (χ0n) is 8.88. The Balaban J connectivity index is 1.63. The van der Waals surface area contributed by atoms with E-state index in [0.29, 0.717) is 12.1 Å². The van der Waals surface area contributed by atoms with E-state index >= 15 is 0 Å². The second kappa shape index (κ2) is 4.20.